The molecule has 0 aliphatic rings. The number of nitrogens with one attached hydrogen (secondary N) is 2. The second-order valence-electron chi connectivity index (χ2n) is 7.96. The first-order valence-electron chi connectivity index (χ1n) is 9.45. The van der Waals surface area contributed by atoms with Crippen molar-refractivity contribution in [3.8, 4) is 0 Å². The SMILES string of the molecule is CCC(C)C(=O)CC/C(=N\O)C(C)(C)NCCCNC(C)(C)/C(C)=N/O. The fourth-order valence-electron chi connectivity index (χ4n) is 2.45. The fourth-order valence-corrected chi connectivity index (χ4v) is 2.45. The topological polar surface area (TPSA) is 106 Å². The van der Waals surface area contributed by atoms with Crippen molar-refractivity contribution in [3.05, 3.63) is 0 Å². The lowest BCUT2D eigenvalue weighted by molar-refractivity contribution is -0.122. The average Bonchev–Trinajstić information content (AvgIpc) is 2.59. The van der Waals surface area contributed by atoms with Crippen LogP contribution in [0.2, 0.25) is 0 Å². The second kappa shape index (κ2) is 11.3. The van der Waals surface area contributed by atoms with E-state index in [1.54, 1.807) is 6.92 Å². The van der Waals surface area contributed by atoms with Crippen LogP contribution in [0.15, 0.2) is 10.3 Å². The quantitative estimate of drug-likeness (QED) is 0.172. The molecule has 0 saturated carbocycles. The van der Waals surface area contributed by atoms with Crippen LogP contribution in [-0.2, 0) is 4.79 Å². The fraction of sp³-hybridized carbons (Fsp3) is 0.842. The maximum absolute atomic E-state index is 12.0. The first-order valence-corrected chi connectivity index (χ1v) is 9.45. The predicted octanol–water partition coefficient (Wildman–Crippen LogP) is 3.19. The summed E-state index contributed by atoms with van der Waals surface area (Å²) < 4.78 is 0. The highest BCUT2D eigenvalue weighted by molar-refractivity contribution is 5.95. The summed E-state index contributed by atoms with van der Waals surface area (Å²) in [4.78, 5) is 12.0. The molecule has 26 heavy (non-hydrogen) atoms. The molecular weight excluding hydrogens is 332 g/mol. The molecule has 4 N–H and O–H groups in total. The summed E-state index contributed by atoms with van der Waals surface area (Å²) in [6, 6.07) is 0. The van der Waals surface area contributed by atoms with Crippen LogP contribution in [0.1, 0.15) is 74.1 Å². The number of nitrogens with zero attached hydrogens (tertiary/aromatic N) is 2. The molecule has 0 aromatic heterocycles. The predicted molar refractivity (Wildman–Crippen MR) is 107 cm³/mol. The monoisotopic (exact) mass is 370 g/mol. The van der Waals surface area contributed by atoms with Gasteiger partial charge in [-0.05, 0) is 67.0 Å². The summed E-state index contributed by atoms with van der Waals surface area (Å²) in [5.41, 5.74) is 0.373. The zero-order valence-electron chi connectivity index (χ0n) is 17.5. The van der Waals surface area contributed by atoms with Gasteiger partial charge in [0.1, 0.15) is 5.78 Å². The highest BCUT2D eigenvalue weighted by Gasteiger charge is 2.26. The molecule has 0 amide bonds. The van der Waals surface area contributed by atoms with Gasteiger partial charge in [0.2, 0.25) is 0 Å². The maximum atomic E-state index is 12.0. The number of ketones is 1. The van der Waals surface area contributed by atoms with Gasteiger partial charge in [0.15, 0.2) is 0 Å². The number of hydrogen-bond donors (Lipinski definition) is 4. The Kier molecular flexibility index (Phi) is 10.6. The zero-order chi connectivity index (χ0) is 20.4. The Labute approximate surface area is 158 Å². The lowest BCUT2D eigenvalue weighted by atomic mass is 9.91. The largest absolute Gasteiger partial charge is 0.411 e. The van der Waals surface area contributed by atoms with Gasteiger partial charge in [-0.15, -0.1) is 0 Å². The molecule has 0 bridgehead atoms. The van der Waals surface area contributed by atoms with Crippen molar-refractivity contribution < 1.29 is 15.2 Å². The summed E-state index contributed by atoms with van der Waals surface area (Å²) in [5.74, 6) is 0.253. The van der Waals surface area contributed by atoms with Gasteiger partial charge in [-0.3, -0.25) is 4.79 Å². The van der Waals surface area contributed by atoms with Crippen LogP contribution in [-0.4, -0.2) is 51.8 Å². The molecular formula is C19H38N4O3. The van der Waals surface area contributed by atoms with Crippen molar-refractivity contribution in [2.24, 2.45) is 16.2 Å². The highest BCUT2D eigenvalue weighted by Crippen LogP contribution is 2.14. The van der Waals surface area contributed by atoms with Crippen molar-refractivity contribution in [1.82, 2.24) is 10.6 Å². The third-order valence-corrected chi connectivity index (χ3v) is 5.15. The van der Waals surface area contributed by atoms with E-state index in [0.29, 0.717) is 24.3 Å². The van der Waals surface area contributed by atoms with Crippen molar-refractivity contribution in [2.45, 2.75) is 85.2 Å². The second-order valence-corrected chi connectivity index (χ2v) is 7.96. The number of oxime groups is 2. The third kappa shape index (κ3) is 8.27. The summed E-state index contributed by atoms with van der Waals surface area (Å²) >= 11 is 0. The minimum atomic E-state index is -0.484. The Morgan fingerprint density at radius 2 is 1.54 bits per heavy atom. The van der Waals surface area contributed by atoms with Crippen LogP contribution < -0.4 is 10.6 Å². The van der Waals surface area contributed by atoms with E-state index in [1.165, 1.54) is 0 Å². The molecule has 152 valence electrons. The van der Waals surface area contributed by atoms with Crippen molar-refractivity contribution in [1.29, 1.82) is 0 Å². The van der Waals surface area contributed by atoms with E-state index in [9.17, 15) is 10.0 Å². The van der Waals surface area contributed by atoms with Gasteiger partial charge in [-0.2, -0.15) is 0 Å². The molecule has 0 heterocycles. The smallest absolute Gasteiger partial charge is 0.136 e. The molecule has 0 fully saturated rings. The van der Waals surface area contributed by atoms with Crippen LogP contribution in [0.25, 0.3) is 0 Å². The molecule has 0 aliphatic heterocycles. The number of rotatable bonds is 13. The van der Waals surface area contributed by atoms with Crippen molar-refractivity contribution in [2.75, 3.05) is 13.1 Å². The van der Waals surface area contributed by atoms with E-state index in [-0.39, 0.29) is 17.2 Å². The Bertz CT molecular complexity index is 499. The van der Waals surface area contributed by atoms with Crippen LogP contribution in [0.5, 0.6) is 0 Å². The molecule has 1 atom stereocenters. The van der Waals surface area contributed by atoms with Gasteiger partial charge in [0.25, 0.3) is 0 Å². The van der Waals surface area contributed by atoms with Crippen LogP contribution in [0, 0.1) is 5.92 Å². The van der Waals surface area contributed by atoms with Gasteiger partial charge < -0.3 is 21.0 Å². The summed E-state index contributed by atoms with van der Waals surface area (Å²) in [6.07, 6.45) is 2.54. The summed E-state index contributed by atoms with van der Waals surface area (Å²) in [6.45, 7) is 15.0. The van der Waals surface area contributed by atoms with E-state index in [0.717, 1.165) is 25.9 Å². The van der Waals surface area contributed by atoms with Gasteiger partial charge in [-0.1, -0.05) is 24.2 Å². The maximum Gasteiger partial charge on any atom is 0.136 e. The van der Waals surface area contributed by atoms with E-state index in [1.807, 2.05) is 41.5 Å². The van der Waals surface area contributed by atoms with Crippen LogP contribution >= 0.6 is 0 Å². The molecule has 7 nitrogen and oxygen atoms in total. The third-order valence-electron chi connectivity index (χ3n) is 5.15. The van der Waals surface area contributed by atoms with Gasteiger partial charge in [0, 0.05) is 12.3 Å². The number of carbonyl (C=O) groups excluding carboxylic acids is 1. The molecule has 0 saturated heterocycles. The lowest BCUT2D eigenvalue weighted by Gasteiger charge is -2.29. The summed E-state index contributed by atoms with van der Waals surface area (Å²) in [7, 11) is 0. The molecule has 0 aromatic rings. The lowest BCUT2D eigenvalue weighted by Crippen LogP contribution is -2.49. The first kappa shape index (κ1) is 24.5. The Balaban J connectivity index is 4.39. The molecule has 7 heteroatoms. The minimum Gasteiger partial charge on any atom is -0.411 e. The van der Waals surface area contributed by atoms with Crippen molar-refractivity contribution >= 4 is 17.2 Å². The molecule has 0 aliphatic carbocycles. The Hall–Kier alpha value is -1.47. The van der Waals surface area contributed by atoms with E-state index >= 15 is 0 Å². The van der Waals surface area contributed by atoms with E-state index in [2.05, 4.69) is 20.9 Å². The van der Waals surface area contributed by atoms with Crippen LogP contribution in [0.3, 0.4) is 0 Å². The highest BCUT2D eigenvalue weighted by atomic mass is 16.4. The number of Topliss-reactive ketones (excluding diaryl/α,β-unsaturated/α-hetero) is 1. The summed E-state index contributed by atoms with van der Waals surface area (Å²) in [5, 5.41) is 31.7. The van der Waals surface area contributed by atoms with E-state index < -0.39 is 5.54 Å². The Morgan fingerprint density at radius 3 is 2.00 bits per heavy atom. The average molecular weight is 371 g/mol. The molecule has 0 radical (unpaired) electrons. The normalized spacial score (nSPS) is 15.2. The van der Waals surface area contributed by atoms with Crippen LogP contribution in [0.4, 0.5) is 0 Å². The molecule has 1 unspecified atom stereocenters. The molecule has 0 rings (SSSR count). The van der Waals surface area contributed by atoms with Gasteiger partial charge >= 0.3 is 0 Å². The minimum absolute atomic E-state index is 0.0476. The zero-order valence-corrected chi connectivity index (χ0v) is 17.5. The van der Waals surface area contributed by atoms with E-state index in [4.69, 9.17) is 5.21 Å². The molecule has 0 aromatic carbocycles. The standard InChI is InChI=1S/C19H38N4O3/c1-8-14(2)16(24)10-11-17(23-26)19(6,7)21-13-9-12-20-18(4,5)15(3)22-25/h14,20-21,25-26H,8-13H2,1-7H3/b22-15+,23-17+. The van der Waals surface area contributed by atoms with Gasteiger partial charge in [-0.25, -0.2) is 0 Å². The van der Waals surface area contributed by atoms with Gasteiger partial charge in [0.05, 0.1) is 22.5 Å². The number of hydrogen-bond acceptors (Lipinski definition) is 7. The molecule has 0 spiro atoms. The Morgan fingerprint density at radius 1 is 1.00 bits per heavy atom. The number of carbonyl (C=O) groups is 1. The van der Waals surface area contributed by atoms with Crippen molar-refractivity contribution in [3.63, 3.8) is 0 Å². The first-order chi connectivity index (χ1) is 12.0.